The van der Waals surface area contributed by atoms with Crippen molar-refractivity contribution < 1.29 is 4.79 Å². The Kier molecular flexibility index (Phi) is 3.70. The van der Waals surface area contributed by atoms with Crippen molar-refractivity contribution in [1.82, 2.24) is 9.97 Å². The maximum absolute atomic E-state index is 11.6. The molecule has 2 aromatic rings. The minimum atomic E-state index is -0.149. The van der Waals surface area contributed by atoms with Crippen molar-refractivity contribution in [1.29, 1.82) is 0 Å². The second-order valence-electron chi connectivity index (χ2n) is 3.28. The summed E-state index contributed by atoms with van der Waals surface area (Å²) in [5.41, 5.74) is 6.76. The number of pyridine rings is 1. The summed E-state index contributed by atoms with van der Waals surface area (Å²) in [5, 5.41) is 3.26. The molecule has 2 aromatic heterocycles. The van der Waals surface area contributed by atoms with E-state index in [1.807, 2.05) is 0 Å². The topological polar surface area (TPSA) is 80.9 Å². The zero-order chi connectivity index (χ0) is 12.3. The maximum atomic E-state index is 11.6. The van der Waals surface area contributed by atoms with Crippen LogP contribution in [-0.4, -0.2) is 15.9 Å². The third-order valence-electron chi connectivity index (χ3n) is 1.91. The molecule has 0 aliphatic heterocycles. The largest absolute Gasteiger partial charge is 0.397 e. The highest BCUT2D eigenvalue weighted by atomic mass is 79.9. The summed E-state index contributed by atoms with van der Waals surface area (Å²) >= 11 is 4.64. The molecule has 0 atom stereocenters. The van der Waals surface area contributed by atoms with Gasteiger partial charge in [0.05, 0.1) is 28.3 Å². The van der Waals surface area contributed by atoms with Crippen LogP contribution in [0.4, 0.5) is 10.8 Å². The van der Waals surface area contributed by atoms with E-state index in [9.17, 15) is 4.79 Å². The molecule has 2 rings (SSSR count). The van der Waals surface area contributed by atoms with Crippen molar-refractivity contribution in [2.45, 2.75) is 6.42 Å². The minimum Gasteiger partial charge on any atom is -0.397 e. The van der Waals surface area contributed by atoms with Crippen LogP contribution in [0.3, 0.4) is 0 Å². The summed E-state index contributed by atoms with van der Waals surface area (Å²) in [7, 11) is 0. The molecule has 3 N–H and O–H groups in total. The summed E-state index contributed by atoms with van der Waals surface area (Å²) in [4.78, 5) is 19.7. The van der Waals surface area contributed by atoms with Gasteiger partial charge in [0.2, 0.25) is 5.91 Å². The van der Waals surface area contributed by atoms with Gasteiger partial charge in [0.15, 0.2) is 5.13 Å². The van der Waals surface area contributed by atoms with Crippen LogP contribution in [0, 0.1) is 0 Å². The average molecular weight is 313 g/mol. The molecule has 0 radical (unpaired) electrons. The molecular formula is C10H9BrN4OS. The van der Waals surface area contributed by atoms with Crippen LogP contribution in [-0.2, 0) is 11.2 Å². The Labute approximate surface area is 110 Å². The number of anilines is 2. The molecular weight excluding hydrogens is 304 g/mol. The number of rotatable bonds is 3. The Hall–Kier alpha value is -1.47. The lowest BCUT2D eigenvalue weighted by atomic mass is 10.2. The Morgan fingerprint density at radius 2 is 2.24 bits per heavy atom. The molecule has 0 unspecified atom stereocenters. The van der Waals surface area contributed by atoms with Gasteiger partial charge in [0.1, 0.15) is 0 Å². The first-order valence-corrected chi connectivity index (χ1v) is 6.36. The van der Waals surface area contributed by atoms with E-state index in [0.717, 1.165) is 3.79 Å². The number of nitrogen functional groups attached to an aromatic ring is 1. The van der Waals surface area contributed by atoms with Crippen molar-refractivity contribution >= 4 is 44.0 Å². The molecule has 17 heavy (non-hydrogen) atoms. The average Bonchev–Trinajstić information content (AvgIpc) is 2.67. The van der Waals surface area contributed by atoms with E-state index in [1.54, 1.807) is 18.3 Å². The van der Waals surface area contributed by atoms with Crippen molar-refractivity contribution in [3.05, 3.63) is 34.0 Å². The number of nitrogens with two attached hydrogens (primary N) is 1. The maximum Gasteiger partial charge on any atom is 0.232 e. The molecule has 2 heterocycles. The van der Waals surface area contributed by atoms with E-state index in [0.29, 0.717) is 16.5 Å². The summed E-state index contributed by atoms with van der Waals surface area (Å²) < 4.78 is 0.874. The summed E-state index contributed by atoms with van der Waals surface area (Å²) in [6, 6.07) is 3.45. The molecule has 0 aliphatic rings. The monoisotopic (exact) mass is 312 g/mol. The summed E-state index contributed by atoms with van der Waals surface area (Å²) in [6.07, 6.45) is 3.38. The molecule has 0 fully saturated rings. The zero-order valence-corrected chi connectivity index (χ0v) is 11.1. The second-order valence-corrected chi connectivity index (χ2v) is 5.69. The molecule has 0 spiro atoms. The minimum absolute atomic E-state index is 0.149. The van der Waals surface area contributed by atoms with Crippen molar-refractivity contribution in [3.8, 4) is 0 Å². The van der Waals surface area contributed by atoms with E-state index in [-0.39, 0.29) is 12.3 Å². The fraction of sp³-hybridized carbons (Fsp3) is 0.100. The summed E-state index contributed by atoms with van der Waals surface area (Å²) in [5.74, 6) is -0.149. The van der Waals surface area contributed by atoms with Gasteiger partial charge in [0, 0.05) is 5.69 Å². The van der Waals surface area contributed by atoms with Crippen molar-refractivity contribution in [3.63, 3.8) is 0 Å². The first kappa shape index (κ1) is 12.0. The third kappa shape index (κ3) is 3.50. The van der Waals surface area contributed by atoms with E-state index in [1.165, 1.54) is 17.5 Å². The Morgan fingerprint density at radius 3 is 2.82 bits per heavy atom. The van der Waals surface area contributed by atoms with Gasteiger partial charge in [0.25, 0.3) is 0 Å². The van der Waals surface area contributed by atoms with Crippen LogP contribution in [0.5, 0.6) is 0 Å². The van der Waals surface area contributed by atoms with Gasteiger partial charge in [-0.15, -0.1) is 0 Å². The molecule has 0 aromatic carbocycles. The van der Waals surface area contributed by atoms with Gasteiger partial charge in [-0.2, -0.15) is 0 Å². The van der Waals surface area contributed by atoms with E-state index >= 15 is 0 Å². The van der Waals surface area contributed by atoms with E-state index < -0.39 is 0 Å². The Balaban J connectivity index is 1.95. The van der Waals surface area contributed by atoms with E-state index in [4.69, 9.17) is 5.73 Å². The van der Waals surface area contributed by atoms with Crippen LogP contribution in [0.15, 0.2) is 28.3 Å². The standard InChI is InChI=1S/C10H9BrN4OS/c11-8-5-14-10(17-8)15-9(16)3-7-2-1-6(12)4-13-7/h1-2,4-5H,3,12H2,(H,14,15,16). The van der Waals surface area contributed by atoms with E-state index in [2.05, 4.69) is 31.2 Å². The van der Waals surface area contributed by atoms with Crippen LogP contribution in [0.2, 0.25) is 0 Å². The fourth-order valence-corrected chi connectivity index (χ4v) is 2.30. The first-order chi connectivity index (χ1) is 8.13. The lowest BCUT2D eigenvalue weighted by molar-refractivity contribution is -0.115. The number of aromatic nitrogens is 2. The predicted octanol–water partition coefficient (Wildman–Crippen LogP) is 2.06. The molecule has 0 aliphatic carbocycles. The Morgan fingerprint density at radius 1 is 1.41 bits per heavy atom. The highest BCUT2D eigenvalue weighted by Crippen LogP contribution is 2.23. The number of thiazole rings is 1. The molecule has 88 valence electrons. The normalized spacial score (nSPS) is 10.2. The molecule has 0 saturated heterocycles. The SMILES string of the molecule is Nc1ccc(CC(=O)Nc2ncc(Br)s2)nc1. The number of hydrogen-bond donors (Lipinski definition) is 2. The van der Waals surface area contributed by atoms with Gasteiger partial charge in [-0.05, 0) is 28.1 Å². The number of hydrogen-bond acceptors (Lipinski definition) is 5. The number of nitrogens with zero attached hydrogens (tertiary/aromatic N) is 2. The highest BCUT2D eigenvalue weighted by Gasteiger charge is 2.07. The van der Waals surface area contributed by atoms with Gasteiger partial charge in [-0.25, -0.2) is 4.98 Å². The van der Waals surface area contributed by atoms with Gasteiger partial charge in [-0.1, -0.05) is 11.3 Å². The number of carbonyl (C=O) groups excluding carboxylic acids is 1. The lowest BCUT2D eigenvalue weighted by Crippen LogP contribution is -2.14. The van der Waals surface area contributed by atoms with Crippen LogP contribution in [0.1, 0.15) is 5.69 Å². The molecule has 0 bridgehead atoms. The first-order valence-electron chi connectivity index (χ1n) is 4.75. The lowest BCUT2D eigenvalue weighted by Gasteiger charge is -2.01. The van der Waals surface area contributed by atoms with Crippen molar-refractivity contribution in [2.24, 2.45) is 0 Å². The highest BCUT2D eigenvalue weighted by molar-refractivity contribution is 9.11. The second kappa shape index (κ2) is 5.24. The quantitative estimate of drug-likeness (QED) is 0.909. The molecule has 1 amide bonds. The number of halogens is 1. The number of nitrogens with one attached hydrogen (secondary N) is 1. The molecule has 0 saturated carbocycles. The zero-order valence-electron chi connectivity index (χ0n) is 8.68. The third-order valence-corrected chi connectivity index (χ3v) is 3.30. The van der Waals surface area contributed by atoms with Crippen molar-refractivity contribution in [2.75, 3.05) is 11.1 Å². The number of amides is 1. The Bertz CT molecular complexity index is 525. The smallest absolute Gasteiger partial charge is 0.232 e. The van der Waals surface area contributed by atoms with Crippen LogP contribution >= 0.6 is 27.3 Å². The van der Waals surface area contributed by atoms with Crippen LogP contribution in [0.25, 0.3) is 0 Å². The van der Waals surface area contributed by atoms with Crippen LogP contribution < -0.4 is 11.1 Å². The number of carbonyl (C=O) groups is 1. The summed E-state index contributed by atoms with van der Waals surface area (Å²) in [6.45, 7) is 0. The van der Waals surface area contributed by atoms with Gasteiger partial charge < -0.3 is 11.1 Å². The predicted molar refractivity (Wildman–Crippen MR) is 70.8 cm³/mol. The van der Waals surface area contributed by atoms with Gasteiger partial charge in [-0.3, -0.25) is 9.78 Å². The fourth-order valence-electron chi connectivity index (χ4n) is 1.18. The molecule has 5 nitrogen and oxygen atoms in total. The molecule has 7 heteroatoms. The van der Waals surface area contributed by atoms with Gasteiger partial charge >= 0.3 is 0 Å².